The number of fused-ring (bicyclic) bond motifs is 3. The number of nitrogens with zero attached hydrogens (tertiary/aromatic N) is 1. The van der Waals surface area contributed by atoms with Gasteiger partial charge in [0.15, 0.2) is 4.77 Å². The highest BCUT2D eigenvalue weighted by molar-refractivity contribution is 9.10. The minimum atomic E-state index is -0.466. The summed E-state index contributed by atoms with van der Waals surface area (Å²) in [6.07, 6.45) is 0.848. The molecule has 0 bridgehead atoms. The van der Waals surface area contributed by atoms with Gasteiger partial charge in [-0.2, -0.15) is 0 Å². The fraction of sp³-hybridized carbons (Fsp3) is 0.143. The highest BCUT2D eigenvalue weighted by Crippen LogP contribution is 2.35. The third-order valence-corrected chi connectivity index (χ3v) is 6.17. The molecule has 8 heteroatoms. The molecule has 0 radical (unpaired) electrons. The Morgan fingerprint density at radius 1 is 1.10 bits per heavy atom. The SMILES string of the molecule is O=c1[nH]c(=S)n(-c2ccc(Br)cc2)c(O)c1[C@H]1NCCc2c1[nH]c1ccccc21. The molecule has 4 aromatic rings. The zero-order valence-corrected chi connectivity index (χ0v) is 17.6. The van der Waals surface area contributed by atoms with Crippen molar-refractivity contribution in [3.8, 4) is 11.6 Å². The number of aromatic nitrogens is 3. The summed E-state index contributed by atoms with van der Waals surface area (Å²) in [5, 5.41) is 15.7. The monoisotopic (exact) mass is 468 g/mol. The van der Waals surface area contributed by atoms with Crippen molar-refractivity contribution in [2.75, 3.05) is 6.54 Å². The molecule has 1 aliphatic rings. The Morgan fingerprint density at radius 2 is 1.86 bits per heavy atom. The molecule has 4 N–H and O–H groups in total. The van der Waals surface area contributed by atoms with Gasteiger partial charge in [-0.3, -0.25) is 14.3 Å². The minimum absolute atomic E-state index is 0.145. The molecule has 2 aromatic carbocycles. The van der Waals surface area contributed by atoms with Gasteiger partial charge in [0.25, 0.3) is 5.56 Å². The molecule has 0 unspecified atom stereocenters. The van der Waals surface area contributed by atoms with E-state index in [4.69, 9.17) is 12.2 Å². The first-order valence-electron chi connectivity index (χ1n) is 9.21. The van der Waals surface area contributed by atoms with Crippen LogP contribution in [0.3, 0.4) is 0 Å². The van der Waals surface area contributed by atoms with E-state index in [1.54, 1.807) is 0 Å². The first-order chi connectivity index (χ1) is 14.0. The highest BCUT2D eigenvalue weighted by Gasteiger charge is 2.30. The summed E-state index contributed by atoms with van der Waals surface area (Å²) < 4.78 is 2.54. The van der Waals surface area contributed by atoms with Crippen LogP contribution >= 0.6 is 28.1 Å². The van der Waals surface area contributed by atoms with Crippen LogP contribution in [0.25, 0.3) is 16.6 Å². The normalized spacial score (nSPS) is 16.1. The molecule has 6 nitrogen and oxygen atoms in total. The van der Waals surface area contributed by atoms with Crippen molar-refractivity contribution < 1.29 is 5.11 Å². The van der Waals surface area contributed by atoms with Gasteiger partial charge in [0.2, 0.25) is 5.88 Å². The van der Waals surface area contributed by atoms with Crippen LogP contribution in [0.5, 0.6) is 5.88 Å². The number of para-hydroxylation sites is 1. The highest BCUT2D eigenvalue weighted by atomic mass is 79.9. The third kappa shape index (κ3) is 2.95. The molecule has 1 atom stereocenters. The molecular weight excluding hydrogens is 452 g/mol. The van der Waals surface area contributed by atoms with Gasteiger partial charge in [0.1, 0.15) is 5.56 Å². The van der Waals surface area contributed by atoms with Crippen LogP contribution in [0.1, 0.15) is 22.9 Å². The van der Waals surface area contributed by atoms with Gasteiger partial charge in [0, 0.05) is 27.6 Å². The molecule has 3 heterocycles. The van der Waals surface area contributed by atoms with Crippen molar-refractivity contribution in [1.29, 1.82) is 0 Å². The zero-order chi connectivity index (χ0) is 20.1. The Bertz CT molecular complexity index is 1350. The van der Waals surface area contributed by atoms with Gasteiger partial charge in [-0.05, 0) is 54.5 Å². The maximum atomic E-state index is 12.9. The van der Waals surface area contributed by atoms with E-state index >= 15 is 0 Å². The van der Waals surface area contributed by atoms with Gasteiger partial charge >= 0.3 is 0 Å². The maximum absolute atomic E-state index is 12.9. The predicted molar refractivity (Wildman–Crippen MR) is 118 cm³/mol. The second-order valence-corrected chi connectivity index (χ2v) is 8.31. The molecule has 146 valence electrons. The van der Waals surface area contributed by atoms with Crippen molar-refractivity contribution in [3.05, 3.63) is 84.9 Å². The van der Waals surface area contributed by atoms with Gasteiger partial charge in [-0.25, -0.2) is 0 Å². The van der Waals surface area contributed by atoms with E-state index in [0.29, 0.717) is 12.2 Å². The lowest BCUT2D eigenvalue weighted by molar-refractivity contribution is 0.412. The Morgan fingerprint density at radius 3 is 2.66 bits per heavy atom. The minimum Gasteiger partial charge on any atom is -0.494 e. The number of nitrogens with one attached hydrogen (secondary N) is 3. The van der Waals surface area contributed by atoms with E-state index in [1.807, 2.05) is 42.5 Å². The Labute approximate surface area is 179 Å². The Balaban J connectivity index is 1.74. The molecule has 0 saturated carbocycles. The van der Waals surface area contributed by atoms with Crippen LogP contribution in [0.15, 0.2) is 57.8 Å². The van der Waals surface area contributed by atoms with Gasteiger partial charge in [-0.15, -0.1) is 0 Å². The number of benzene rings is 2. The van der Waals surface area contributed by atoms with E-state index < -0.39 is 11.6 Å². The summed E-state index contributed by atoms with van der Waals surface area (Å²) in [6.45, 7) is 0.701. The van der Waals surface area contributed by atoms with Crippen LogP contribution in [0.2, 0.25) is 0 Å². The molecule has 0 aliphatic carbocycles. The number of aromatic amines is 2. The third-order valence-electron chi connectivity index (χ3n) is 5.35. The lowest BCUT2D eigenvalue weighted by Crippen LogP contribution is -2.35. The van der Waals surface area contributed by atoms with Crippen molar-refractivity contribution in [2.45, 2.75) is 12.5 Å². The van der Waals surface area contributed by atoms with E-state index in [9.17, 15) is 9.90 Å². The second kappa shape index (κ2) is 6.98. The Hall–Kier alpha value is -2.68. The zero-order valence-electron chi connectivity index (χ0n) is 15.2. The summed E-state index contributed by atoms with van der Waals surface area (Å²) in [6, 6.07) is 15.0. The van der Waals surface area contributed by atoms with Crippen molar-refractivity contribution in [2.24, 2.45) is 0 Å². The molecule has 0 spiro atoms. The van der Waals surface area contributed by atoms with Gasteiger partial charge < -0.3 is 15.4 Å². The van der Waals surface area contributed by atoms with E-state index in [1.165, 1.54) is 10.1 Å². The number of halogens is 1. The van der Waals surface area contributed by atoms with Gasteiger partial charge in [-0.1, -0.05) is 34.1 Å². The number of hydrogen-bond donors (Lipinski definition) is 4. The molecule has 5 rings (SSSR count). The molecule has 0 saturated heterocycles. The summed E-state index contributed by atoms with van der Waals surface area (Å²) in [7, 11) is 0. The van der Waals surface area contributed by atoms with E-state index in [2.05, 4.69) is 37.3 Å². The molecule has 1 aliphatic heterocycles. The molecule has 2 aromatic heterocycles. The predicted octanol–water partition coefficient (Wildman–Crippen LogP) is 4.08. The second-order valence-electron chi connectivity index (χ2n) is 7.01. The maximum Gasteiger partial charge on any atom is 0.260 e. The smallest absolute Gasteiger partial charge is 0.260 e. The quantitative estimate of drug-likeness (QED) is 0.334. The average molecular weight is 469 g/mol. The van der Waals surface area contributed by atoms with Crippen LogP contribution < -0.4 is 10.9 Å². The van der Waals surface area contributed by atoms with Crippen LogP contribution in [0.4, 0.5) is 0 Å². The summed E-state index contributed by atoms with van der Waals surface area (Å²) >= 11 is 8.75. The van der Waals surface area contributed by atoms with E-state index in [-0.39, 0.29) is 16.2 Å². The fourth-order valence-corrected chi connectivity index (χ4v) is 4.60. The molecule has 0 amide bonds. The van der Waals surface area contributed by atoms with Crippen molar-refractivity contribution in [3.63, 3.8) is 0 Å². The lowest BCUT2D eigenvalue weighted by Gasteiger charge is -2.25. The number of aromatic hydroxyl groups is 1. The van der Waals surface area contributed by atoms with E-state index in [0.717, 1.165) is 27.5 Å². The summed E-state index contributed by atoms with van der Waals surface area (Å²) in [5.41, 5.74) is 3.60. The molecular formula is C21H17BrN4O2S. The first kappa shape index (κ1) is 18.4. The molecule has 0 fully saturated rings. The van der Waals surface area contributed by atoms with Crippen molar-refractivity contribution >= 4 is 39.1 Å². The number of hydrogen-bond acceptors (Lipinski definition) is 4. The summed E-state index contributed by atoms with van der Waals surface area (Å²) in [5.74, 6) is -0.162. The number of rotatable bonds is 2. The van der Waals surface area contributed by atoms with Crippen LogP contribution in [-0.4, -0.2) is 26.2 Å². The van der Waals surface area contributed by atoms with Crippen molar-refractivity contribution in [1.82, 2.24) is 19.9 Å². The lowest BCUT2D eigenvalue weighted by atomic mass is 9.95. The topological polar surface area (TPSA) is 85.8 Å². The van der Waals surface area contributed by atoms with Crippen LogP contribution in [0, 0.1) is 4.77 Å². The molecule has 29 heavy (non-hydrogen) atoms. The largest absolute Gasteiger partial charge is 0.494 e. The summed E-state index contributed by atoms with van der Waals surface area (Å²) in [4.78, 5) is 19.0. The number of H-pyrrole nitrogens is 2. The first-order valence-corrected chi connectivity index (χ1v) is 10.4. The van der Waals surface area contributed by atoms with Gasteiger partial charge in [0.05, 0.1) is 11.7 Å². The van der Waals surface area contributed by atoms with Crippen LogP contribution in [-0.2, 0) is 6.42 Å². The standard InChI is InChI=1S/C21H17BrN4O2S/c22-11-5-7-12(8-6-11)26-20(28)16(19(27)25-21(26)29)18-17-14(9-10-23-18)13-3-1-2-4-15(13)24-17/h1-8,18,23-24,28H,9-10H2,(H,25,27,29)/t18-/m1/s1. The fourth-order valence-electron chi connectivity index (χ4n) is 4.06. The average Bonchev–Trinajstić information content (AvgIpc) is 3.09. The Kier molecular flexibility index (Phi) is 4.42.